The van der Waals surface area contributed by atoms with E-state index in [-0.39, 0.29) is 6.03 Å². The van der Waals surface area contributed by atoms with Crippen LogP contribution >= 0.6 is 0 Å². The highest BCUT2D eigenvalue weighted by Gasteiger charge is 2.54. The second-order valence-corrected chi connectivity index (χ2v) is 7.73. The molecule has 1 aromatic heterocycles. The Morgan fingerprint density at radius 1 is 1.28 bits per heavy atom. The summed E-state index contributed by atoms with van der Waals surface area (Å²) in [7, 11) is 2.03. The number of fused-ring (bicyclic) bond motifs is 3. The van der Waals surface area contributed by atoms with Crippen LogP contribution in [0, 0.1) is 5.92 Å². The molecule has 2 aromatic rings. The number of amides is 2. The monoisotopic (exact) mass is 336 g/mol. The second-order valence-electron chi connectivity index (χ2n) is 7.73. The molecule has 25 heavy (non-hydrogen) atoms. The molecule has 1 aromatic carbocycles. The number of benzene rings is 1. The van der Waals surface area contributed by atoms with Crippen LogP contribution in [0.5, 0.6) is 0 Å². The Hall–Kier alpha value is -2.30. The van der Waals surface area contributed by atoms with Gasteiger partial charge in [-0.2, -0.15) is 0 Å². The minimum Gasteiger partial charge on any atom is -0.338 e. The maximum absolute atomic E-state index is 12.7. The van der Waals surface area contributed by atoms with Crippen LogP contribution in [0.1, 0.15) is 41.6 Å². The molecular weight excluding hydrogens is 312 g/mol. The zero-order chi connectivity index (χ0) is 17.0. The minimum absolute atomic E-state index is 0.105. The third-order valence-corrected chi connectivity index (χ3v) is 6.32. The summed E-state index contributed by atoms with van der Waals surface area (Å²) in [6.07, 6.45) is 7.16. The summed E-state index contributed by atoms with van der Waals surface area (Å²) in [4.78, 5) is 19.2. The van der Waals surface area contributed by atoms with Crippen LogP contribution in [0.15, 0.2) is 36.7 Å². The zero-order valence-corrected chi connectivity index (χ0v) is 14.6. The van der Waals surface area contributed by atoms with Crippen LogP contribution in [0.3, 0.4) is 0 Å². The Kier molecular flexibility index (Phi) is 3.37. The van der Waals surface area contributed by atoms with Crippen molar-refractivity contribution in [3.8, 4) is 0 Å². The number of nitrogens with zero attached hydrogens (tertiary/aromatic N) is 3. The normalized spacial score (nSPS) is 29.9. The molecule has 2 fully saturated rings. The number of rotatable bonds is 2. The maximum Gasteiger partial charge on any atom is 0.317 e. The summed E-state index contributed by atoms with van der Waals surface area (Å²) in [5.41, 5.74) is 2.92. The number of aromatic nitrogens is 2. The second kappa shape index (κ2) is 5.61. The highest BCUT2D eigenvalue weighted by atomic mass is 16.2. The largest absolute Gasteiger partial charge is 0.338 e. The Morgan fingerprint density at radius 2 is 2.16 bits per heavy atom. The van der Waals surface area contributed by atoms with E-state index in [0.717, 1.165) is 31.8 Å². The van der Waals surface area contributed by atoms with E-state index in [2.05, 4.69) is 39.1 Å². The van der Waals surface area contributed by atoms with Crippen LogP contribution in [-0.2, 0) is 13.5 Å². The van der Waals surface area contributed by atoms with E-state index >= 15 is 0 Å². The topological polar surface area (TPSA) is 50.2 Å². The first kappa shape index (κ1) is 15.0. The summed E-state index contributed by atoms with van der Waals surface area (Å²) in [5.74, 6) is 2.60. The molecule has 5 heteroatoms. The lowest BCUT2D eigenvalue weighted by Crippen LogP contribution is -2.40. The summed E-state index contributed by atoms with van der Waals surface area (Å²) < 4.78 is 2.07. The fourth-order valence-electron chi connectivity index (χ4n) is 4.92. The van der Waals surface area contributed by atoms with Crippen molar-refractivity contribution in [2.45, 2.75) is 37.1 Å². The maximum atomic E-state index is 12.7. The molecule has 0 bridgehead atoms. The van der Waals surface area contributed by atoms with Gasteiger partial charge in [0.1, 0.15) is 5.82 Å². The fourth-order valence-corrected chi connectivity index (χ4v) is 4.92. The van der Waals surface area contributed by atoms with E-state index in [1.807, 2.05) is 24.3 Å². The van der Waals surface area contributed by atoms with Crippen LogP contribution < -0.4 is 5.32 Å². The molecule has 1 N–H and O–H groups in total. The quantitative estimate of drug-likeness (QED) is 0.916. The molecule has 5 rings (SSSR count). The molecule has 3 aliphatic rings. The molecule has 2 amide bonds. The van der Waals surface area contributed by atoms with Gasteiger partial charge in [0, 0.05) is 50.4 Å². The number of hydrogen-bond donors (Lipinski definition) is 1. The number of hydrogen-bond acceptors (Lipinski definition) is 2. The van der Waals surface area contributed by atoms with Crippen LogP contribution in [-0.4, -0.2) is 39.6 Å². The number of nitrogens with one attached hydrogen (secondary N) is 1. The van der Waals surface area contributed by atoms with Gasteiger partial charge in [-0.05, 0) is 36.3 Å². The molecule has 1 saturated carbocycles. The Balaban J connectivity index is 1.23. The lowest BCUT2D eigenvalue weighted by molar-refractivity contribution is 0.207. The number of urea groups is 1. The van der Waals surface area contributed by atoms with Crippen molar-refractivity contribution in [1.29, 1.82) is 0 Å². The predicted octanol–water partition coefficient (Wildman–Crippen LogP) is 2.65. The average Bonchev–Trinajstić information content (AvgIpc) is 2.98. The third kappa shape index (κ3) is 2.44. The minimum atomic E-state index is 0.105. The molecule has 0 radical (unpaired) electrons. The Labute approximate surface area is 148 Å². The molecule has 2 heterocycles. The van der Waals surface area contributed by atoms with Gasteiger partial charge in [-0.3, -0.25) is 0 Å². The molecule has 5 nitrogen and oxygen atoms in total. The molecule has 1 aliphatic heterocycles. The van der Waals surface area contributed by atoms with Gasteiger partial charge < -0.3 is 14.8 Å². The van der Waals surface area contributed by atoms with Crippen LogP contribution in [0.4, 0.5) is 4.79 Å². The lowest BCUT2D eigenvalue weighted by atomic mass is 9.92. The average molecular weight is 336 g/mol. The summed E-state index contributed by atoms with van der Waals surface area (Å²) in [5, 5.41) is 3.32. The zero-order valence-electron chi connectivity index (χ0n) is 14.6. The van der Waals surface area contributed by atoms with Crippen LogP contribution in [0.2, 0.25) is 0 Å². The van der Waals surface area contributed by atoms with Crippen molar-refractivity contribution in [2.24, 2.45) is 13.0 Å². The van der Waals surface area contributed by atoms with Gasteiger partial charge in [0.15, 0.2) is 0 Å². The molecule has 4 atom stereocenters. The smallest absolute Gasteiger partial charge is 0.317 e. The lowest BCUT2D eigenvalue weighted by Gasteiger charge is -2.17. The fraction of sp³-hybridized carbons (Fsp3) is 0.500. The van der Waals surface area contributed by atoms with E-state index in [9.17, 15) is 4.79 Å². The van der Waals surface area contributed by atoms with Crippen molar-refractivity contribution < 1.29 is 4.79 Å². The van der Waals surface area contributed by atoms with Crippen molar-refractivity contribution >= 4 is 6.03 Å². The SMILES string of the molecule is Cn1ccnc1C1CCN(C(=O)NC2C3CCc4ccccc4C32)C1. The summed E-state index contributed by atoms with van der Waals surface area (Å²) >= 11 is 0. The van der Waals surface area contributed by atoms with Gasteiger partial charge in [-0.15, -0.1) is 0 Å². The number of imidazole rings is 1. The summed E-state index contributed by atoms with van der Waals surface area (Å²) in [6.45, 7) is 1.59. The van der Waals surface area contributed by atoms with Gasteiger partial charge in [0.05, 0.1) is 0 Å². The first-order valence-electron chi connectivity index (χ1n) is 9.33. The van der Waals surface area contributed by atoms with Gasteiger partial charge in [0.2, 0.25) is 0 Å². The molecule has 130 valence electrons. The molecule has 2 aliphatic carbocycles. The van der Waals surface area contributed by atoms with Gasteiger partial charge in [-0.25, -0.2) is 9.78 Å². The number of aryl methyl sites for hydroxylation is 2. The van der Waals surface area contributed by atoms with Gasteiger partial charge in [-0.1, -0.05) is 24.3 Å². The molecule has 0 spiro atoms. The molecular formula is C20H24N4O. The third-order valence-electron chi connectivity index (χ3n) is 6.32. The van der Waals surface area contributed by atoms with Crippen molar-refractivity contribution in [3.05, 3.63) is 53.6 Å². The van der Waals surface area contributed by atoms with Gasteiger partial charge in [0.25, 0.3) is 0 Å². The van der Waals surface area contributed by atoms with E-state index in [1.54, 1.807) is 0 Å². The van der Waals surface area contributed by atoms with Crippen molar-refractivity contribution in [3.63, 3.8) is 0 Å². The van der Waals surface area contributed by atoms with E-state index in [4.69, 9.17) is 0 Å². The number of likely N-dealkylation sites (tertiary alicyclic amines) is 1. The molecule has 4 unspecified atom stereocenters. The first-order chi connectivity index (χ1) is 12.2. The Bertz CT molecular complexity index is 814. The van der Waals surface area contributed by atoms with Crippen molar-refractivity contribution in [1.82, 2.24) is 19.8 Å². The predicted molar refractivity (Wildman–Crippen MR) is 95.5 cm³/mol. The highest BCUT2D eigenvalue weighted by Crippen LogP contribution is 2.54. The molecule has 1 saturated heterocycles. The summed E-state index contributed by atoms with van der Waals surface area (Å²) in [6, 6.07) is 9.15. The first-order valence-corrected chi connectivity index (χ1v) is 9.33. The number of carbonyl (C=O) groups excluding carboxylic acids is 1. The highest BCUT2D eigenvalue weighted by molar-refractivity contribution is 5.76. The Morgan fingerprint density at radius 3 is 3.00 bits per heavy atom. The van der Waals surface area contributed by atoms with Crippen LogP contribution in [0.25, 0.3) is 0 Å². The van der Waals surface area contributed by atoms with Gasteiger partial charge >= 0.3 is 6.03 Å². The standard InChI is InChI=1S/C20H24N4O/c1-23-11-9-21-19(23)14-8-10-24(12-14)20(25)22-18-16-7-6-13-4-2-3-5-15(13)17(16)18/h2-5,9,11,14,16-18H,6-8,10,12H2,1H3,(H,22,25). The number of carbonyl (C=O) groups is 1. The van der Waals surface area contributed by atoms with E-state index in [1.165, 1.54) is 17.5 Å². The van der Waals surface area contributed by atoms with Crippen molar-refractivity contribution in [2.75, 3.05) is 13.1 Å². The van der Waals surface area contributed by atoms with E-state index < -0.39 is 0 Å². The van der Waals surface area contributed by atoms with E-state index in [0.29, 0.717) is 23.8 Å².